The molecule has 2 fully saturated rings. The molecule has 21 heavy (non-hydrogen) atoms. The minimum atomic E-state index is 0.600. The topological polar surface area (TPSA) is 32.3 Å². The summed E-state index contributed by atoms with van der Waals surface area (Å²) in [6.45, 7) is 2.21. The maximum Gasteiger partial charge on any atom is 0.209 e. The average Bonchev–Trinajstić information content (AvgIpc) is 3.20. The minimum absolute atomic E-state index is 0.600. The molecule has 4 rings (SSSR count). The Bertz CT molecular complexity index is 698. The Morgan fingerprint density at radius 1 is 1.10 bits per heavy atom. The van der Waals surface area contributed by atoms with Crippen molar-refractivity contribution in [1.29, 1.82) is 0 Å². The molecule has 0 amide bonds. The van der Waals surface area contributed by atoms with Gasteiger partial charge in [0.1, 0.15) is 0 Å². The number of likely N-dealkylation sites (N-methyl/N-ethyl adjacent to an activating group) is 1. The van der Waals surface area contributed by atoms with Crippen LogP contribution in [0.2, 0.25) is 0 Å². The van der Waals surface area contributed by atoms with E-state index in [2.05, 4.69) is 38.9 Å². The van der Waals surface area contributed by atoms with E-state index in [1.165, 1.54) is 6.42 Å². The van der Waals surface area contributed by atoms with E-state index >= 15 is 0 Å². The molecular weight excluding hydrogens is 280 g/mol. The summed E-state index contributed by atoms with van der Waals surface area (Å²) in [5.74, 6) is 6.25. The first-order valence-corrected chi connectivity index (χ1v) is 7.99. The first-order chi connectivity index (χ1) is 10.3. The van der Waals surface area contributed by atoms with Crippen LogP contribution >= 0.6 is 11.3 Å². The highest BCUT2D eigenvalue weighted by molar-refractivity contribution is 7.15. The molecule has 2 atom stereocenters. The molecule has 2 saturated heterocycles. The molecule has 106 valence electrons. The van der Waals surface area contributed by atoms with Gasteiger partial charge in [-0.05, 0) is 31.5 Å². The first-order valence-electron chi connectivity index (χ1n) is 7.17. The van der Waals surface area contributed by atoms with Crippen molar-refractivity contribution in [2.45, 2.75) is 18.5 Å². The summed E-state index contributed by atoms with van der Waals surface area (Å²) >= 11 is 1.60. The van der Waals surface area contributed by atoms with E-state index < -0.39 is 0 Å². The maximum atomic E-state index is 4.33. The van der Waals surface area contributed by atoms with Gasteiger partial charge in [0.2, 0.25) is 5.13 Å². The van der Waals surface area contributed by atoms with Gasteiger partial charge in [-0.2, -0.15) is 0 Å². The van der Waals surface area contributed by atoms with E-state index in [0.29, 0.717) is 12.1 Å². The van der Waals surface area contributed by atoms with E-state index in [4.69, 9.17) is 0 Å². The lowest BCUT2D eigenvalue weighted by Crippen LogP contribution is -2.44. The number of nitrogens with zero attached hydrogens (tertiary/aromatic N) is 4. The van der Waals surface area contributed by atoms with Crippen molar-refractivity contribution in [3.05, 3.63) is 40.9 Å². The highest BCUT2D eigenvalue weighted by atomic mass is 32.1. The second kappa shape index (κ2) is 5.14. The van der Waals surface area contributed by atoms with Gasteiger partial charge < -0.3 is 4.90 Å². The number of anilines is 1. The Labute approximate surface area is 128 Å². The van der Waals surface area contributed by atoms with Crippen LogP contribution < -0.4 is 4.90 Å². The third-order valence-corrected chi connectivity index (χ3v) is 5.14. The number of likely N-dealkylation sites (tertiary alicyclic amines) is 1. The summed E-state index contributed by atoms with van der Waals surface area (Å²) in [6.07, 6.45) is 1.25. The lowest BCUT2D eigenvalue weighted by Gasteiger charge is -2.31. The Morgan fingerprint density at radius 2 is 1.95 bits per heavy atom. The van der Waals surface area contributed by atoms with Crippen LogP contribution in [0.1, 0.15) is 17.0 Å². The SMILES string of the molecule is CN1C[C@@H]2C[C@H]1CN2c1nnc(C#Cc2ccccc2)s1. The summed E-state index contributed by atoms with van der Waals surface area (Å²) in [5, 5.41) is 10.4. The maximum absolute atomic E-state index is 4.33. The zero-order valence-corrected chi connectivity index (χ0v) is 12.7. The third kappa shape index (κ3) is 2.41. The van der Waals surface area contributed by atoms with E-state index in [-0.39, 0.29) is 0 Å². The standard InChI is InChI=1S/C16H16N4S/c1-19-10-14-9-13(19)11-20(14)16-18-17-15(21-16)8-7-12-5-3-2-4-6-12/h2-6,13-14H,9-11H2,1H3/t13-,14-/m0/s1. The van der Waals surface area contributed by atoms with E-state index in [1.54, 1.807) is 11.3 Å². The molecule has 0 spiro atoms. The van der Waals surface area contributed by atoms with Gasteiger partial charge in [-0.25, -0.2) is 0 Å². The lowest BCUT2D eigenvalue weighted by molar-refractivity contribution is 0.292. The van der Waals surface area contributed by atoms with E-state index in [0.717, 1.165) is 28.8 Å². The lowest BCUT2D eigenvalue weighted by atomic mass is 10.2. The summed E-state index contributed by atoms with van der Waals surface area (Å²) in [7, 11) is 2.21. The van der Waals surface area contributed by atoms with Gasteiger partial charge in [0.15, 0.2) is 5.01 Å². The van der Waals surface area contributed by atoms with Crippen molar-refractivity contribution < 1.29 is 0 Å². The van der Waals surface area contributed by atoms with Crippen LogP contribution in [0.4, 0.5) is 5.13 Å². The molecule has 5 heteroatoms. The van der Waals surface area contributed by atoms with Gasteiger partial charge in [-0.1, -0.05) is 35.5 Å². The van der Waals surface area contributed by atoms with Gasteiger partial charge in [0.05, 0.1) is 0 Å². The highest BCUT2D eigenvalue weighted by Gasteiger charge is 2.42. The zero-order chi connectivity index (χ0) is 14.2. The molecule has 0 radical (unpaired) electrons. The van der Waals surface area contributed by atoms with Gasteiger partial charge >= 0.3 is 0 Å². The van der Waals surface area contributed by atoms with Crippen LogP contribution in [0.3, 0.4) is 0 Å². The molecule has 0 aliphatic carbocycles. The number of hydrogen-bond acceptors (Lipinski definition) is 5. The highest BCUT2D eigenvalue weighted by Crippen LogP contribution is 2.34. The molecule has 2 aliphatic rings. The van der Waals surface area contributed by atoms with Crippen LogP contribution in [0, 0.1) is 11.8 Å². The normalized spacial score (nSPS) is 24.1. The molecule has 3 heterocycles. The molecule has 4 nitrogen and oxygen atoms in total. The summed E-state index contributed by atoms with van der Waals surface area (Å²) in [6, 6.07) is 11.3. The summed E-state index contributed by atoms with van der Waals surface area (Å²) in [4.78, 5) is 4.84. The summed E-state index contributed by atoms with van der Waals surface area (Å²) in [5.41, 5.74) is 1.01. The van der Waals surface area contributed by atoms with Crippen LogP contribution in [0.5, 0.6) is 0 Å². The van der Waals surface area contributed by atoms with Gasteiger partial charge in [-0.3, -0.25) is 4.90 Å². The van der Waals surface area contributed by atoms with Crippen molar-refractivity contribution in [3.8, 4) is 11.8 Å². The number of fused-ring (bicyclic) bond motifs is 2. The number of rotatable bonds is 1. The molecule has 2 aliphatic heterocycles. The van der Waals surface area contributed by atoms with Crippen molar-refractivity contribution >= 4 is 16.5 Å². The van der Waals surface area contributed by atoms with Crippen LogP contribution in [0.25, 0.3) is 0 Å². The predicted octanol–water partition coefficient (Wildman–Crippen LogP) is 1.83. The molecule has 1 aromatic carbocycles. The fourth-order valence-corrected chi connectivity index (χ4v) is 3.91. The second-order valence-electron chi connectivity index (χ2n) is 5.64. The van der Waals surface area contributed by atoms with Crippen LogP contribution in [-0.4, -0.2) is 47.3 Å². The average molecular weight is 296 g/mol. The fourth-order valence-electron chi connectivity index (χ4n) is 3.13. The second-order valence-corrected chi connectivity index (χ2v) is 6.60. The molecule has 0 unspecified atom stereocenters. The van der Waals surface area contributed by atoms with Gasteiger partial charge in [0, 0.05) is 30.7 Å². The number of hydrogen-bond donors (Lipinski definition) is 0. The molecular formula is C16H16N4S. The minimum Gasteiger partial charge on any atom is -0.341 e. The van der Waals surface area contributed by atoms with Crippen molar-refractivity contribution in [2.75, 3.05) is 25.0 Å². The van der Waals surface area contributed by atoms with E-state index in [1.807, 2.05) is 30.3 Å². The van der Waals surface area contributed by atoms with Crippen molar-refractivity contribution in [3.63, 3.8) is 0 Å². The Balaban J connectivity index is 1.51. The zero-order valence-electron chi connectivity index (χ0n) is 11.9. The largest absolute Gasteiger partial charge is 0.341 e. The quantitative estimate of drug-likeness (QED) is 0.752. The Hall–Kier alpha value is -1.90. The molecule has 0 saturated carbocycles. The fraction of sp³-hybridized carbons (Fsp3) is 0.375. The monoisotopic (exact) mass is 296 g/mol. The molecule has 2 bridgehead atoms. The predicted molar refractivity (Wildman–Crippen MR) is 84.5 cm³/mol. The van der Waals surface area contributed by atoms with Crippen LogP contribution in [0.15, 0.2) is 30.3 Å². The van der Waals surface area contributed by atoms with E-state index in [9.17, 15) is 0 Å². The number of piperazine rings is 1. The van der Waals surface area contributed by atoms with Crippen molar-refractivity contribution in [2.24, 2.45) is 0 Å². The van der Waals surface area contributed by atoms with Crippen LogP contribution in [-0.2, 0) is 0 Å². The third-order valence-electron chi connectivity index (χ3n) is 4.26. The molecule has 1 aromatic heterocycles. The summed E-state index contributed by atoms with van der Waals surface area (Å²) < 4.78 is 0. The first kappa shape index (κ1) is 12.8. The van der Waals surface area contributed by atoms with Crippen molar-refractivity contribution in [1.82, 2.24) is 15.1 Å². The molecule has 2 aromatic rings. The Kier molecular flexibility index (Phi) is 3.13. The molecule has 0 N–H and O–H groups in total. The number of benzene rings is 1. The smallest absolute Gasteiger partial charge is 0.209 e. The van der Waals surface area contributed by atoms with Gasteiger partial charge in [0.25, 0.3) is 0 Å². The Morgan fingerprint density at radius 3 is 2.67 bits per heavy atom. The number of aromatic nitrogens is 2. The van der Waals surface area contributed by atoms with Gasteiger partial charge in [-0.15, -0.1) is 10.2 Å².